The van der Waals surface area contributed by atoms with Crippen LogP contribution in [0.25, 0.3) is 0 Å². The Morgan fingerprint density at radius 1 is 1.35 bits per heavy atom. The Morgan fingerprint density at radius 3 is 2.47 bits per heavy atom. The van der Waals surface area contributed by atoms with Crippen molar-refractivity contribution in [1.82, 2.24) is 4.90 Å². The highest BCUT2D eigenvalue weighted by Gasteiger charge is 2.19. The predicted molar refractivity (Wildman–Crippen MR) is 75.3 cm³/mol. The van der Waals surface area contributed by atoms with E-state index in [0.29, 0.717) is 0 Å². The van der Waals surface area contributed by atoms with Crippen molar-refractivity contribution in [1.29, 1.82) is 0 Å². The van der Waals surface area contributed by atoms with E-state index in [1.54, 1.807) is 0 Å². The van der Waals surface area contributed by atoms with Gasteiger partial charge in [-0.05, 0) is 51.0 Å². The number of halogens is 1. The summed E-state index contributed by atoms with van der Waals surface area (Å²) >= 11 is 3.44. The van der Waals surface area contributed by atoms with Crippen LogP contribution in [0.5, 0.6) is 0 Å². The van der Waals surface area contributed by atoms with Gasteiger partial charge in [0.15, 0.2) is 0 Å². The molecule has 1 atom stereocenters. The van der Waals surface area contributed by atoms with E-state index in [1.807, 2.05) is 36.9 Å². The second-order valence-corrected chi connectivity index (χ2v) is 5.28. The summed E-state index contributed by atoms with van der Waals surface area (Å²) in [6, 6.07) is 6.13. The van der Waals surface area contributed by atoms with Crippen LogP contribution < -0.4 is 0 Å². The van der Waals surface area contributed by atoms with Crippen molar-refractivity contribution in [3.8, 4) is 0 Å². The number of carbonyl (C=O) groups excluding carboxylic acids is 1. The summed E-state index contributed by atoms with van der Waals surface area (Å²) < 4.78 is 0.959. The van der Waals surface area contributed by atoms with Crippen LogP contribution >= 0.6 is 15.9 Å². The molecular formula is C14H20BrNO. The third kappa shape index (κ3) is 3.56. The lowest BCUT2D eigenvalue weighted by Crippen LogP contribution is -2.38. The molecule has 1 aromatic rings. The van der Waals surface area contributed by atoms with E-state index in [2.05, 4.69) is 29.8 Å². The molecular weight excluding hydrogens is 278 g/mol. The topological polar surface area (TPSA) is 20.3 Å². The molecule has 0 aliphatic heterocycles. The molecule has 1 unspecified atom stereocenters. The highest BCUT2D eigenvalue weighted by Crippen LogP contribution is 2.18. The van der Waals surface area contributed by atoms with E-state index >= 15 is 0 Å². The molecule has 0 heterocycles. The first-order chi connectivity index (χ1) is 7.99. The van der Waals surface area contributed by atoms with Gasteiger partial charge in [0, 0.05) is 22.6 Å². The van der Waals surface area contributed by atoms with E-state index in [9.17, 15) is 4.79 Å². The molecule has 1 aromatic carbocycles. The number of carbonyl (C=O) groups is 1. The largest absolute Gasteiger partial charge is 0.336 e. The highest BCUT2D eigenvalue weighted by molar-refractivity contribution is 9.10. The molecule has 2 nitrogen and oxygen atoms in total. The minimum Gasteiger partial charge on any atom is -0.336 e. The molecule has 0 saturated carbocycles. The second-order valence-electron chi connectivity index (χ2n) is 4.37. The minimum atomic E-state index is 0.117. The Kier molecular flexibility index (Phi) is 5.19. The molecule has 0 saturated heterocycles. The monoisotopic (exact) mass is 297 g/mol. The Bertz CT molecular complexity index is 383. The smallest absolute Gasteiger partial charge is 0.254 e. The maximum absolute atomic E-state index is 12.4. The first kappa shape index (κ1) is 14.2. The van der Waals surface area contributed by atoms with Gasteiger partial charge in [-0.15, -0.1) is 0 Å². The van der Waals surface area contributed by atoms with Crippen LogP contribution in [0.1, 0.15) is 43.1 Å². The molecule has 0 aromatic heterocycles. The number of hydrogen-bond donors (Lipinski definition) is 0. The quantitative estimate of drug-likeness (QED) is 0.822. The molecule has 0 bridgehead atoms. The van der Waals surface area contributed by atoms with Gasteiger partial charge in [-0.25, -0.2) is 0 Å². The van der Waals surface area contributed by atoms with E-state index in [1.165, 1.54) is 0 Å². The van der Waals surface area contributed by atoms with Crippen molar-refractivity contribution >= 4 is 21.8 Å². The first-order valence-electron chi connectivity index (χ1n) is 6.07. The van der Waals surface area contributed by atoms with Crippen LogP contribution in [0.15, 0.2) is 22.7 Å². The summed E-state index contributed by atoms with van der Waals surface area (Å²) in [5, 5.41) is 0. The lowest BCUT2D eigenvalue weighted by atomic mass is 10.1. The number of benzene rings is 1. The van der Waals surface area contributed by atoms with Crippen LogP contribution in [0, 0.1) is 6.92 Å². The SMILES string of the molecule is CCC(C)N(CC)C(=O)c1cc(C)cc(Br)c1. The predicted octanol–water partition coefficient (Wildman–Crippen LogP) is 4.02. The Labute approximate surface area is 112 Å². The number of aryl methyl sites for hydroxylation is 1. The lowest BCUT2D eigenvalue weighted by Gasteiger charge is -2.27. The summed E-state index contributed by atoms with van der Waals surface area (Å²) in [7, 11) is 0. The van der Waals surface area contributed by atoms with E-state index in [0.717, 1.165) is 28.6 Å². The van der Waals surface area contributed by atoms with Crippen molar-refractivity contribution in [3.63, 3.8) is 0 Å². The zero-order valence-electron chi connectivity index (χ0n) is 11.0. The van der Waals surface area contributed by atoms with Crippen LogP contribution in [0.3, 0.4) is 0 Å². The molecule has 3 heteroatoms. The van der Waals surface area contributed by atoms with Crippen LogP contribution in [-0.4, -0.2) is 23.4 Å². The highest BCUT2D eigenvalue weighted by atomic mass is 79.9. The molecule has 0 aliphatic carbocycles. The maximum Gasteiger partial charge on any atom is 0.254 e. The fraction of sp³-hybridized carbons (Fsp3) is 0.500. The average molecular weight is 298 g/mol. The molecule has 0 radical (unpaired) electrons. The van der Waals surface area contributed by atoms with E-state index < -0.39 is 0 Å². The van der Waals surface area contributed by atoms with Gasteiger partial charge < -0.3 is 4.90 Å². The minimum absolute atomic E-state index is 0.117. The summed E-state index contributed by atoms with van der Waals surface area (Å²) in [5.41, 5.74) is 1.86. The molecule has 17 heavy (non-hydrogen) atoms. The number of hydrogen-bond acceptors (Lipinski definition) is 1. The number of rotatable bonds is 4. The van der Waals surface area contributed by atoms with Gasteiger partial charge in [0.1, 0.15) is 0 Å². The number of nitrogens with zero attached hydrogens (tertiary/aromatic N) is 1. The van der Waals surface area contributed by atoms with Crippen molar-refractivity contribution in [2.75, 3.05) is 6.54 Å². The summed E-state index contributed by atoms with van der Waals surface area (Å²) in [5.74, 6) is 0.117. The standard InChI is InChI=1S/C14H20BrNO/c1-5-11(4)16(6-2)14(17)12-7-10(3)8-13(15)9-12/h7-9,11H,5-6H2,1-4H3. The maximum atomic E-state index is 12.4. The summed E-state index contributed by atoms with van der Waals surface area (Å²) in [6.45, 7) is 8.97. The summed E-state index contributed by atoms with van der Waals surface area (Å²) in [4.78, 5) is 14.3. The van der Waals surface area contributed by atoms with Crippen molar-refractivity contribution in [3.05, 3.63) is 33.8 Å². The molecule has 1 rings (SSSR count). The normalized spacial score (nSPS) is 12.3. The summed E-state index contributed by atoms with van der Waals surface area (Å²) in [6.07, 6.45) is 0.979. The third-order valence-electron chi connectivity index (χ3n) is 3.01. The molecule has 1 amide bonds. The lowest BCUT2D eigenvalue weighted by molar-refractivity contribution is 0.0700. The van der Waals surface area contributed by atoms with Crippen molar-refractivity contribution in [2.24, 2.45) is 0 Å². The first-order valence-corrected chi connectivity index (χ1v) is 6.87. The molecule has 0 aliphatic rings. The molecule has 0 fully saturated rings. The van der Waals surface area contributed by atoms with Gasteiger partial charge in [-0.2, -0.15) is 0 Å². The Balaban J connectivity index is 3.01. The Hall–Kier alpha value is -0.830. The van der Waals surface area contributed by atoms with Crippen molar-refractivity contribution in [2.45, 2.75) is 40.2 Å². The zero-order chi connectivity index (χ0) is 13.0. The second kappa shape index (κ2) is 6.20. The van der Waals surface area contributed by atoms with Gasteiger partial charge in [-0.3, -0.25) is 4.79 Å². The van der Waals surface area contributed by atoms with Gasteiger partial charge in [-0.1, -0.05) is 22.9 Å². The van der Waals surface area contributed by atoms with Crippen molar-refractivity contribution < 1.29 is 4.79 Å². The molecule has 0 N–H and O–H groups in total. The van der Waals surface area contributed by atoms with Gasteiger partial charge >= 0.3 is 0 Å². The average Bonchev–Trinajstić information content (AvgIpc) is 2.28. The fourth-order valence-electron chi connectivity index (χ4n) is 1.90. The van der Waals surface area contributed by atoms with Gasteiger partial charge in [0.05, 0.1) is 0 Å². The Morgan fingerprint density at radius 2 is 2.00 bits per heavy atom. The van der Waals surface area contributed by atoms with Crippen LogP contribution in [-0.2, 0) is 0 Å². The fourth-order valence-corrected chi connectivity index (χ4v) is 2.51. The van der Waals surface area contributed by atoms with Crippen LogP contribution in [0.4, 0.5) is 0 Å². The third-order valence-corrected chi connectivity index (χ3v) is 3.47. The zero-order valence-corrected chi connectivity index (χ0v) is 12.5. The molecule has 94 valence electrons. The van der Waals surface area contributed by atoms with E-state index in [-0.39, 0.29) is 11.9 Å². The van der Waals surface area contributed by atoms with Gasteiger partial charge in [0.25, 0.3) is 5.91 Å². The molecule has 0 spiro atoms. The van der Waals surface area contributed by atoms with E-state index in [4.69, 9.17) is 0 Å². The van der Waals surface area contributed by atoms with Crippen LogP contribution in [0.2, 0.25) is 0 Å². The number of amides is 1. The van der Waals surface area contributed by atoms with Gasteiger partial charge in [0.2, 0.25) is 0 Å².